The van der Waals surface area contributed by atoms with Crippen molar-refractivity contribution in [1.29, 1.82) is 0 Å². The van der Waals surface area contributed by atoms with Gasteiger partial charge in [-0.2, -0.15) is 0 Å². The lowest BCUT2D eigenvalue weighted by molar-refractivity contribution is -0.121. The third kappa shape index (κ3) is 4.87. The quantitative estimate of drug-likeness (QED) is 0.456. The van der Waals surface area contributed by atoms with Crippen LogP contribution in [0.1, 0.15) is 35.3 Å². The highest BCUT2D eigenvalue weighted by Crippen LogP contribution is 2.19. The zero-order valence-corrected chi connectivity index (χ0v) is 18.6. The number of imidazole rings is 1. The molecule has 33 heavy (non-hydrogen) atoms. The summed E-state index contributed by atoms with van der Waals surface area (Å²) in [6.07, 6.45) is 0.183. The number of fused-ring (bicyclic) bond motifs is 1. The number of nitrogens with zero attached hydrogens (tertiary/aromatic N) is 2. The average Bonchev–Trinajstić information content (AvgIpc) is 3.08. The fourth-order valence-electron chi connectivity index (χ4n) is 3.87. The Morgan fingerprint density at radius 1 is 0.909 bits per heavy atom. The van der Waals surface area contributed by atoms with Gasteiger partial charge in [0.1, 0.15) is 0 Å². The maximum absolute atomic E-state index is 12.6. The molecule has 1 unspecified atom stereocenters. The second-order valence-electron chi connectivity index (χ2n) is 7.97. The average molecular weight is 443 g/mol. The minimum absolute atomic E-state index is 0.140. The normalized spacial score (nSPS) is 11.8. The number of rotatable bonds is 7. The van der Waals surface area contributed by atoms with Crippen LogP contribution in [0, 0.1) is 0 Å². The Morgan fingerprint density at radius 2 is 1.61 bits per heavy atom. The molecule has 0 aliphatic carbocycles. The monoisotopic (exact) mass is 442 g/mol. The van der Waals surface area contributed by atoms with Crippen molar-refractivity contribution in [3.63, 3.8) is 0 Å². The molecule has 7 nitrogen and oxygen atoms in total. The van der Waals surface area contributed by atoms with Crippen molar-refractivity contribution in [3.8, 4) is 0 Å². The smallest absolute Gasteiger partial charge is 0.328 e. The molecule has 1 atom stereocenters. The third-order valence-electron chi connectivity index (χ3n) is 5.67. The van der Waals surface area contributed by atoms with Crippen LogP contribution in [0.15, 0.2) is 83.7 Å². The second-order valence-corrected chi connectivity index (χ2v) is 7.97. The van der Waals surface area contributed by atoms with E-state index >= 15 is 0 Å². The van der Waals surface area contributed by atoms with E-state index in [2.05, 4.69) is 10.6 Å². The summed E-state index contributed by atoms with van der Waals surface area (Å²) < 4.78 is 3.21. The van der Waals surface area contributed by atoms with Crippen LogP contribution in [-0.4, -0.2) is 20.9 Å². The van der Waals surface area contributed by atoms with E-state index in [1.807, 2.05) is 73.7 Å². The maximum atomic E-state index is 12.6. The van der Waals surface area contributed by atoms with E-state index in [-0.39, 0.29) is 30.0 Å². The summed E-state index contributed by atoms with van der Waals surface area (Å²) in [5.74, 6) is -0.342. The SMILES string of the molecule is CC(NC(=O)CCn1c(=O)n(C)c2ccccc21)c1cccc(NC(=O)c2ccccc2)c1. The van der Waals surface area contributed by atoms with Crippen LogP contribution in [0.4, 0.5) is 5.69 Å². The number of hydrogen-bond acceptors (Lipinski definition) is 3. The molecule has 1 heterocycles. The van der Waals surface area contributed by atoms with Crippen molar-refractivity contribution < 1.29 is 9.59 Å². The molecule has 2 amide bonds. The zero-order chi connectivity index (χ0) is 23.4. The third-order valence-corrected chi connectivity index (χ3v) is 5.67. The molecule has 4 rings (SSSR count). The lowest BCUT2D eigenvalue weighted by Gasteiger charge is -2.16. The molecule has 0 saturated heterocycles. The van der Waals surface area contributed by atoms with Crippen molar-refractivity contribution in [2.75, 3.05) is 5.32 Å². The molecular weight excluding hydrogens is 416 g/mol. The molecular formula is C26H26N4O3. The van der Waals surface area contributed by atoms with Crippen molar-refractivity contribution in [2.24, 2.45) is 7.05 Å². The van der Waals surface area contributed by atoms with Crippen LogP contribution in [0.25, 0.3) is 11.0 Å². The van der Waals surface area contributed by atoms with E-state index in [0.29, 0.717) is 17.8 Å². The molecule has 0 saturated carbocycles. The number of benzene rings is 3. The summed E-state index contributed by atoms with van der Waals surface area (Å²) in [7, 11) is 1.73. The molecule has 3 aromatic carbocycles. The van der Waals surface area contributed by atoms with Crippen molar-refractivity contribution >= 4 is 28.5 Å². The number of carbonyl (C=O) groups is 2. The number of hydrogen-bond donors (Lipinski definition) is 2. The lowest BCUT2D eigenvalue weighted by Crippen LogP contribution is -2.29. The molecule has 0 aliphatic heterocycles. The Labute approximate surface area is 191 Å². The molecule has 0 spiro atoms. The minimum Gasteiger partial charge on any atom is -0.350 e. The van der Waals surface area contributed by atoms with Crippen molar-refractivity contribution in [3.05, 3.63) is 100 Å². The van der Waals surface area contributed by atoms with Gasteiger partial charge < -0.3 is 10.6 Å². The van der Waals surface area contributed by atoms with E-state index in [1.54, 1.807) is 28.3 Å². The van der Waals surface area contributed by atoms with Crippen LogP contribution in [0.5, 0.6) is 0 Å². The van der Waals surface area contributed by atoms with E-state index < -0.39 is 0 Å². The van der Waals surface area contributed by atoms with E-state index in [1.165, 1.54) is 0 Å². The first-order valence-corrected chi connectivity index (χ1v) is 10.8. The summed E-state index contributed by atoms with van der Waals surface area (Å²) in [4.78, 5) is 37.5. The molecule has 4 aromatic rings. The Morgan fingerprint density at radius 3 is 2.36 bits per heavy atom. The largest absolute Gasteiger partial charge is 0.350 e. The van der Waals surface area contributed by atoms with Gasteiger partial charge in [0.05, 0.1) is 17.1 Å². The van der Waals surface area contributed by atoms with Gasteiger partial charge in [-0.15, -0.1) is 0 Å². The minimum atomic E-state index is -0.254. The van der Waals surface area contributed by atoms with E-state index in [9.17, 15) is 14.4 Å². The van der Waals surface area contributed by atoms with Gasteiger partial charge in [0.25, 0.3) is 5.91 Å². The molecule has 0 radical (unpaired) electrons. The van der Waals surface area contributed by atoms with E-state index in [0.717, 1.165) is 16.6 Å². The predicted molar refractivity (Wildman–Crippen MR) is 129 cm³/mol. The van der Waals surface area contributed by atoms with Gasteiger partial charge >= 0.3 is 5.69 Å². The molecule has 0 aliphatic rings. The molecule has 7 heteroatoms. The number of para-hydroxylation sites is 2. The van der Waals surface area contributed by atoms with Crippen LogP contribution in [-0.2, 0) is 18.4 Å². The Bertz CT molecular complexity index is 1350. The molecule has 0 bridgehead atoms. The molecule has 2 N–H and O–H groups in total. The highest BCUT2D eigenvalue weighted by molar-refractivity contribution is 6.04. The van der Waals surface area contributed by atoms with Crippen LogP contribution in [0.3, 0.4) is 0 Å². The number of nitrogens with one attached hydrogen (secondary N) is 2. The molecule has 168 valence electrons. The highest BCUT2D eigenvalue weighted by atomic mass is 16.2. The summed E-state index contributed by atoms with van der Waals surface area (Å²) in [5.41, 5.74) is 3.62. The Hall–Kier alpha value is -4.13. The number of amides is 2. The van der Waals surface area contributed by atoms with Gasteiger partial charge in [-0.3, -0.25) is 18.7 Å². The van der Waals surface area contributed by atoms with Gasteiger partial charge in [-0.25, -0.2) is 4.79 Å². The van der Waals surface area contributed by atoms with Crippen LogP contribution < -0.4 is 16.3 Å². The van der Waals surface area contributed by atoms with Crippen molar-refractivity contribution in [1.82, 2.24) is 14.5 Å². The van der Waals surface area contributed by atoms with E-state index in [4.69, 9.17) is 0 Å². The first-order chi connectivity index (χ1) is 15.9. The number of aryl methyl sites for hydroxylation is 2. The van der Waals surface area contributed by atoms with Crippen LogP contribution >= 0.6 is 0 Å². The first kappa shape index (κ1) is 22.1. The van der Waals surface area contributed by atoms with Gasteiger partial charge in [0, 0.05) is 31.3 Å². The van der Waals surface area contributed by atoms with Gasteiger partial charge in [-0.1, -0.05) is 42.5 Å². The molecule has 1 aromatic heterocycles. The van der Waals surface area contributed by atoms with Crippen LogP contribution in [0.2, 0.25) is 0 Å². The Kier molecular flexibility index (Phi) is 6.40. The lowest BCUT2D eigenvalue weighted by atomic mass is 10.1. The topological polar surface area (TPSA) is 85.1 Å². The highest BCUT2D eigenvalue weighted by Gasteiger charge is 2.14. The molecule has 0 fully saturated rings. The fraction of sp³-hybridized carbons (Fsp3) is 0.192. The fourth-order valence-corrected chi connectivity index (χ4v) is 3.87. The number of aromatic nitrogens is 2. The summed E-state index contributed by atoms with van der Waals surface area (Å²) in [6.45, 7) is 2.19. The van der Waals surface area contributed by atoms with Crippen molar-refractivity contribution in [2.45, 2.75) is 25.9 Å². The number of carbonyl (C=O) groups excluding carboxylic acids is 2. The van der Waals surface area contributed by atoms with Gasteiger partial charge in [0.15, 0.2) is 0 Å². The van der Waals surface area contributed by atoms with Gasteiger partial charge in [-0.05, 0) is 48.9 Å². The Balaban J connectivity index is 1.39. The zero-order valence-electron chi connectivity index (χ0n) is 18.6. The predicted octanol–water partition coefficient (Wildman–Crippen LogP) is 3.86. The summed E-state index contributed by atoms with van der Waals surface area (Å²) in [6, 6.07) is 23.7. The summed E-state index contributed by atoms with van der Waals surface area (Å²) >= 11 is 0. The standard InChI is InChI=1S/C26H26N4O3/c1-18(20-11-8-12-21(17-20)28-25(32)19-9-4-3-5-10-19)27-24(31)15-16-30-23-14-7-6-13-22(23)29(2)26(30)33/h3-14,17-18H,15-16H2,1-2H3,(H,27,31)(H,28,32). The first-order valence-electron chi connectivity index (χ1n) is 10.8. The number of anilines is 1. The summed E-state index contributed by atoms with van der Waals surface area (Å²) in [5, 5.41) is 5.87. The maximum Gasteiger partial charge on any atom is 0.328 e. The van der Waals surface area contributed by atoms with Gasteiger partial charge in [0.2, 0.25) is 5.91 Å². The second kappa shape index (κ2) is 9.56.